The molecule has 4 rings (SSSR count). The van der Waals surface area contributed by atoms with E-state index in [-0.39, 0.29) is 30.1 Å². The predicted molar refractivity (Wildman–Crippen MR) is 147 cm³/mol. The highest BCUT2D eigenvalue weighted by atomic mass is 19.4. The number of halogens is 3. The Hall–Kier alpha value is -3.77. The minimum Gasteiger partial charge on any atom is -0.492 e. The SMILES string of the molecule is CC(C)(C)c1cc(CC(=O)Nc2ccc(C#Cc3ccc(C(F)(F)F)c(OCCN4CCCCC4)c3)cc2)no1. The van der Waals surface area contributed by atoms with Crippen LogP contribution >= 0.6 is 0 Å². The zero-order valence-corrected chi connectivity index (χ0v) is 23.0. The van der Waals surface area contributed by atoms with Crippen LogP contribution in [0.2, 0.25) is 0 Å². The molecule has 0 bridgehead atoms. The van der Waals surface area contributed by atoms with Gasteiger partial charge in [-0.1, -0.05) is 44.2 Å². The number of ether oxygens (including phenoxy) is 1. The Balaban J connectivity index is 1.37. The van der Waals surface area contributed by atoms with Crippen molar-refractivity contribution in [1.82, 2.24) is 10.1 Å². The molecule has 9 heteroatoms. The van der Waals surface area contributed by atoms with E-state index >= 15 is 0 Å². The third kappa shape index (κ3) is 8.36. The van der Waals surface area contributed by atoms with E-state index in [9.17, 15) is 18.0 Å². The third-order valence-corrected chi connectivity index (χ3v) is 6.56. The average Bonchev–Trinajstić information content (AvgIpc) is 3.37. The Morgan fingerprint density at radius 2 is 1.68 bits per heavy atom. The van der Waals surface area contributed by atoms with Crippen molar-refractivity contribution in [1.29, 1.82) is 0 Å². The molecule has 1 aromatic heterocycles. The summed E-state index contributed by atoms with van der Waals surface area (Å²) < 4.78 is 51.6. The van der Waals surface area contributed by atoms with Crippen LogP contribution in [0.25, 0.3) is 0 Å². The van der Waals surface area contributed by atoms with Gasteiger partial charge in [-0.3, -0.25) is 9.69 Å². The molecule has 1 amide bonds. The number of carbonyl (C=O) groups is 1. The van der Waals surface area contributed by atoms with Crippen molar-refractivity contribution in [2.24, 2.45) is 0 Å². The number of piperidine rings is 1. The van der Waals surface area contributed by atoms with Crippen LogP contribution in [0.4, 0.5) is 18.9 Å². The molecule has 0 spiro atoms. The molecule has 1 aliphatic rings. The number of alkyl halides is 3. The van der Waals surface area contributed by atoms with Crippen molar-refractivity contribution in [3.05, 3.63) is 76.7 Å². The first-order valence-electron chi connectivity index (χ1n) is 13.4. The summed E-state index contributed by atoms with van der Waals surface area (Å²) in [6, 6.07) is 12.4. The monoisotopic (exact) mass is 553 g/mol. The summed E-state index contributed by atoms with van der Waals surface area (Å²) in [5, 5.41) is 6.78. The molecule has 40 heavy (non-hydrogen) atoms. The summed E-state index contributed by atoms with van der Waals surface area (Å²) in [7, 11) is 0. The van der Waals surface area contributed by atoms with Gasteiger partial charge in [-0.15, -0.1) is 0 Å². The van der Waals surface area contributed by atoms with Crippen molar-refractivity contribution in [3.63, 3.8) is 0 Å². The minimum absolute atomic E-state index is 0.0808. The largest absolute Gasteiger partial charge is 0.492 e. The summed E-state index contributed by atoms with van der Waals surface area (Å²) in [5.74, 6) is 6.14. The van der Waals surface area contributed by atoms with Gasteiger partial charge in [-0.25, -0.2) is 0 Å². The molecule has 1 fully saturated rings. The van der Waals surface area contributed by atoms with Crippen LogP contribution in [0.3, 0.4) is 0 Å². The van der Waals surface area contributed by atoms with Crippen LogP contribution in [-0.4, -0.2) is 42.2 Å². The van der Waals surface area contributed by atoms with Gasteiger partial charge in [-0.05, 0) is 68.4 Å². The number of aromatic nitrogens is 1. The lowest BCUT2D eigenvalue weighted by Crippen LogP contribution is -2.33. The van der Waals surface area contributed by atoms with Gasteiger partial charge in [0.05, 0.1) is 17.7 Å². The molecule has 0 aliphatic carbocycles. The van der Waals surface area contributed by atoms with E-state index in [2.05, 4.69) is 27.2 Å². The smallest absolute Gasteiger partial charge is 0.419 e. The lowest BCUT2D eigenvalue weighted by molar-refractivity contribution is -0.139. The summed E-state index contributed by atoms with van der Waals surface area (Å²) in [6.07, 6.45) is -1.04. The van der Waals surface area contributed by atoms with Crippen molar-refractivity contribution < 1.29 is 27.2 Å². The van der Waals surface area contributed by atoms with Gasteiger partial charge in [0, 0.05) is 34.8 Å². The van der Waals surface area contributed by atoms with Crippen molar-refractivity contribution >= 4 is 11.6 Å². The average molecular weight is 554 g/mol. The van der Waals surface area contributed by atoms with Crippen LogP contribution in [-0.2, 0) is 22.8 Å². The molecule has 1 saturated heterocycles. The van der Waals surface area contributed by atoms with Gasteiger partial charge in [0.15, 0.2) is 0 Å². The highest BCUT2D eigenvalue weighted by molar-refractivity contribution is 5.92. The van der Waals surface area contributed by atoms with Crippen molar-refractivity contribution in [2.45, 2.75) is 58.0 Å². The van der Waals surface area contributed by atoms with E-state index in [1.165, 1.54) is 18.6 Å². The fourth-order valence-corrected chi connectivity index (χ4v) is 4.32. The van der Waals surface area contributed by atoms with Gasteiger partial charge in [0.25, 0.3) is 0 Å². The maximum Gasteiger partial charge on any atom is 0.419 e. The maximum absolute atomic E-state index is 13.5. The number of likely N-dealkylation sites (tertiary alicyclic amines) is 1. The molecule has 2 heterocycles. The quantitative estimate of drug-likeness (QED) is 0.341. The molecule has 2 aromatic carbocycles. The van der Waals surface area contributed by atoms with Gasteiger partial charge in [-0.2, -0.15) is 13.2 Å². The fraction of sp³-hybridized carbons (Fsp3) is 0.419. The van der Waals surface area contributed by atoms with E-state index in [0.717, 1.165) is 32.0 Å². The molecule has 6 nitrogen and oxygen atoms in total. The molecule has 212 valence electrons. The number of nitrogens with one attached hydrogen (secondary N) is 1. The second-order valence-electron chi connectivity index (χ2n) is 10.9. The van der Waals surface area contributed by atoms with E-state index in [1.807, 2.05) is 20.8 Å². The Bertz CT molecular complexity index is 1360. The van der Waals surface area contributed by atoms with Crippen LogP contribution in [0.15, 0.2) is 53.1 Å². The zero-order valence-electron chi connectivity index (χ0n) is 23.0. The number of amides is 1. The van der Waals surface area contributed by atoms with Crippen LogP contribution in [0.1, 0.15) is 68.2 Å². The Morgan fingerprint density at radius 1 is 1.00 bits per heavy atom. The molecule has 1 N–H and O–H groups in total. The topological polar surface area (TPSA) is 67.6 Å². The van der Waals surface area contributed by atoms with Crippen molar-refractivity contribution in [2.75, 3.05) is 31.6 Å². The van der Waals surface area contributed by atoms with Gasteiger partial charge in [0.1, 0.15) is 18.1 Å². The Kier molecular flexibility index (Phi) is 9.21. The Morgan fingerprint density at radius 3 is 2.33 bits per heavy atom. The van der Waals surface area contributed by atoms with Crippen molar-refractivity contribution in [3.8, 4) is 17.6 Å². The molecule has 0 radical (unpaired) electrons. The second-order valence-corrected chi connectivity index (χ2v) is 10.9. The summed E-state index contributed by atoms with van der Waals surface area (Å²) in [5.41, 5.74) is 1.21. The highest BCUT2D eigenvalue weighted by Gasteiger charge is 2.34. The molecule has 0 saturated carbocycles. The molecule has 0 atom stereocenters. The Labute approximate surface area is 232 Å². The zero-order chi connectivity index (χ0) is 28.8. The molecular weight excluding hydrogens is 519 g/mol. The molecular formula is C31H34F3N3O3. The standard InChI is InChI=1S/C31H34F3N3O3/c1-30(2,3)28-20-25(36-40-28)21-29(38)35-24-12-9-22(10-13-24)7-8-23-11-14-26(31(32,33)34)27(19-23)39-18-17-37-15-5-4-6-16-37/h9-14,19-20H,4-6,15-18,21H2,1-3H3,(H,35,38). The van der Waals surface area contributed by atoms with E-state index in [1.54, 1.807) is 30.3 Å². The maximum atomic E-state index is 13.5. The lowest BCUT2D eigenvalue weighted by Gasteiger charge is -2.26. The normalized spacial score (nSPS) is 14.3. The van der Waals surface area contributed by atoms with E-state index in [4.69, 9.17) is 9.26 Å². The number of hydrogen-bond acceptors (Lipinski definition) is 5. The van der Waals surface area contributed by atoms with Gasteiger partial charge >= 0.3 is 6.18 Å². The summed E-state index contributed by atoms with van der Waals surface area (Å²) in [6.45, 7) is 8.68. The lowest BCUT2D eigenvalue weighted by atomic mass is 9.93. The van der Waals surface area contributed by atoms with Crippen LogP contribution in [0.5, 0.6) is 5.75 Å². The highest BCUT2D eigenvalue weighted by Crippen LogP contribution is 2.36. The fourth-order valence-electron chi connectivity index (χ4n) is 4.32. The first kappa shape index (κ1) is 29.2. The minimum atomic E-state index is -4.52. The summed E-state index contributed by atoms with van der Waals surface area (Å²) in [4.78, 5) is 14.6. The van der Waals surface area contributed by atoms with Crippen LogP contribution in [0, 0.1) is 11.8 Å². The molecule has 3 aromatic rings. The first-order valence-corrected chi connectivity index (χ1v) is 13.4. The van der Waals surface area contributed by atoms with E-state index in [0.29, 0.717) is 34.8 Å². The number of hydrogen-bond donors (Lipinski definition) is 1. The third-order valence-electron chi connectivity index (χ3n) is 6.56. The molecule has 1 aliphatic heterocycles. The van der Waals surface area contributed by atoms with Crippen LogP contribution < -0.4 is 10.1 Å². The van der Waals surface area contributed by atoms with Gasteiger partial charge < -0.3 is 14.6 Å². The first-order chi connectivity index (χ1) is 19.0. The number of carbonyl (C=O) groups excluding carboxylic acids is 1. The number of nitrogens with zero attached hydrogens (tertiary/aromatic N) is 2. The van der Waals surface area contributed by atoms with E-state index < -0.39 is 11.7 Å². The number of benzene rings is 2. The second kappa shape index (κ2) is 12.6. The number of rotatable bonds is 7. The predicted octanol–water partition coefficient (Wildman–Crippen LogP) is 6.44. The van der Waals surface area contributed by atoms with Gasteiger partial charge in [0.2, 0.25) is 5.91 Å². The summed E-state index contributed by atoms with van der Waals surface area (Å²) >= 11 is 0. The molecule has 0 unspecified atom stereocenters. The number of anilines is 1.